The number of nitrogens with one attached hydrogen (secondary N) is 1. The third kappa shape index (κ3) is 4.33. The second-order valence-corrected chi connectivity index (χ2v) is 4.70. The lowest BCUT2D eigenvalue weighted by Gasteiger charge is -2.17. The summed E-state index contributed by atoms with van der Waals surface area (Å²) < 4.78 is 5.71. The molecule has 4 nitrogen and oxygen atoms in total. The molecular weight excluding hydrogens is 266 g/mol. The Bertz CT molecular complexity index is 584. The molecule has 21 heavy (non-hydrogen) atoms. The second kappa shape index (κ2) is 7.45. The van der Waals surface area contributed by atoms with Crippen LogP contribution >= 0.6 is 0 Å². The van der Waals surface area contributed by atoms with Crippen LogP contribution in [0.1, 0.15) is 12.5 Å². The van der Waals surface area contributed by atoms with Gasteiger partial charge in [0.15, 0.2) is 6.10 Å². The van der Waals surface area contributed by atoms with E-state index in [9.17, 15) is 4.79 Å². The Kier molecular flexibility index (Phi) is 5.35. The van der Waals surface area contributed by atoms with Gasteiger partial charge in [-0.25, -0.2) is 0 Å². The molecule has 4 heteroatoms. The summed E-state index contributed by atoms with van der Waals surface area (Å²) in [7, 11) is 0. The van der Waals surface area contributed by atoms with Gasteiger partial charge in [0.2, 0.25) is 0 Å². The summed E-state index contributed by atoms with van der Waals surface area (Å²) in [6.45, 7) is 1.75. The molecule has 1 atom stereocenters. The van der Waals surface area contributed by atoms with E-state index < -0.39 is 6.10 Å². The maximum absolute atomic E-state index is 12.1. The minimum absolute atomic E-state index is 0.0466. The molecule has 0 fully saturated rings. The van der Waals surface area contributed by atoms with Gasteiger partial charge in [0.25, 0.3) is 5.91 Å². The second-order valence-electron chi connectivity index (χ2n) is 4.70. The summed E-state index contributed by atoms with van der Waals surface area (Å²) in [5.74, 6) is 0.419. The fraction of sp³-hybridized carbons (Fsp3) is 0.235. The average Bonchev–Trinajstić information content (AvgIpc) is 2.50. The van der Waals surface area contributed by atoms with Crippen molar-refractivity contribution in [3.63, 3.8) is 0 Å². The van der Waals surface area contributed by atoms with Crippen LogP contribution in [0.5, 0.6) is 5.75 Å². The van der Waals surface area contributed by atoms with E-state index in [4.69, 9.17) is 9.84 Å². The largest absolute Gasteiger partial charge is 0.481 e. The number of aliphatic hydroxyl groups excluding tert-OH is 1. The summed E-state index contributed by atoms with van der Waals surface area (Å²) in [6.07, 6.45) is -0.117. The summed E-state index contributed by atoms with van der Waals surface area (Å²) >= 11 is 0. The lowest BCUT2D eigenvalue weighted by molar-refractivity contribution is -0.122. The van der Waals surface area contributed by atoms with Crippen molar-refractivity contribution in [1.29, 1.82) is 0 Å². The van der Waals surface area contributed by atoms with E-state index in [0.717, 1.165) is 11.3 Å². The normalized spacial score (nSPS) is 11.7. The number of anilines is 1. The molecule has 0 aliphatic rings. The van der Waals surface area contributed by atoms with Gasteiger partial charge in [-0.15, -0.1) is 0 Å². The van der Waals surface area contributed by atoms with E-state index in [1.54, 1.807) is 13.0 Å². The number of hydrogen-bond acceptors (Lipinski definition) is 3. The predicted octanol–water partition coefficient (Wildman–Crippen LogP) is 2.63. The first-order valence-electron chi connectivity index (χ1n) is 6.92. The molecule has 0 aromatic heterocycles. The highest BCUT2D eigenvalue weighted by molar-refractivity contribution is 5.94. The van der Waals surface area contributed by atoms with E-state index in [2.05, 4.69) is 5.32 Å². The van der Waals surface area contributed by atoms with Gasteiger partial charge in [-0.1, -0.05) is 36.4 Å². The summed E-state index contributed by atoms with van der Waals surface area (Å²) in [4.78, 5) is 12.1. The molecule has 110 valence electrons. The van der Waals surface area contributed by atoms with Crippen molar-refractivity contribution in [2.75, 3.05) is 11.9 Å². The van der Waals surface area contributed by atoms with Crippen molar-refractivity contribution in [3.8, 4) is 5.75 Å². The minimum atomic E-state index is -0.620. The van der Waals surface area contributed by atoms with Crippen LogP contribution in [0, 0.1) is 0 Å². The Balaban J connectivity index is 2.01. The van der Waals surface area contributed by atoms with Gasteiger partial charge in [-0.3, -0.25) is 4.79 Å². The fourth-order valence-electron chi connectivity index (χ4n) is 1.96. The highest BCUT2D eigenvalue weighted by Gasteiger charge is 2.16. The quantitative estimate of drug-likeness (QED) is 0.857. The van der Waals surface area contributed by atoms with Crippen LogP contribution in [-0.4, -0.2) is 23.7 Å². The van der Waals surface area contributed by atoms with Crippen LogP contribution in [0.3, 0.4) is 0 Å². The Morgan fingerprint density at radius 3 is 2.52 bits per heavy atom. The number of hydrogen-bond donors (Lipinski definition) is 2. The van der Waals surface area contributed by atoms with Crippen LogP contribution in [0.4, 0.5) is 5.69 Å². The van der Waals surface area contributed by atoms with Gasteiger partial charge in [0.1, 0.15) is 5.75 Å². The van der Waals surface area contributed by atoms with Crippen LogP contribution in [0.2, 0.25) is 0 Å². The van der Waals surface area contributed by atoms with Crippen LogP contribution in [0.15, 0.2) is 54.6 Å². The van der Waals surface area contributed by atoms with Crippen LogP contribution in [-0.2, 0) is 11.2 Å². The van der Waals surface area contributed by atoms with E-state index in [1.165, 1.54) is 0 Å². The molecule has 1 unspecified atom stereocenters. The van der Waals surface area contributed by atoms with Crippen molar-refractivity contribution in [2.45, 2.75) is 19.4 Å². The highest BCUT2D eigenvalue weighted by atomic mass is 16.5. The molecule has 0 spiro atoms. The third-order valence-corrected chi connectivity index (χ3v) is 3.07. The Morgan fingerprint density at radius 2 is 1.81 bits per heavy atom. The van der Waals surface area contributed by atoms with E-state index >= 15 is 0 Å². The molecule has 0 radical (unpaired) electrons. The summed E-state index contributed by atoms with van der Waals surface area (Å²) in [5, 5.41) is 11.8. The van der Waals surface area contributed by atoms with Crippen molar-refractivity contribution in [1.82, 2.24) is 0 Å². The lowest BCUT2D eigenvalue weighted by Crippen LogP contribution is -2.30. The standard InChI is InChI=1S/C17H19NO3/c1-13(17(20)18-15-8-3-2-4-9-15)21-16-10-6-5-7-14(16)11-12-19/h2-10,13,19H,11-12H2,1H3,(H,18,20). The maximum atomic E-state index is 12.1. The molecule has 2 rings (SSSR count). The van der Waals surface area contributed by atoms with Crippen molar-refractivity contribution in [2.24, 2.45) is 0 Å². The molecule has 2 N–H and O–H groups in total. The number of aliphatic hydroxyl groups is 1. The zero-order valence-corrected chi connectivity index (χ0v) is 12.0. The summed E-state index contributed by atoms with van der Waals surface area (Å²) in [6, 6.07) is 16.7. The lowest BCUT2D eigenvalue weighted by atomic mass is 10.1. The Hall–Kier alpha value is -2.33. The number of carbonyl (C=O) groups is 1. The van der Waals surface area contributed by atoms with Gasteiger partial charge in [0, 0.05) is 12.3 Å². The van der Waals surface area contributed by atoms with Crippen molar-refractivity contribution >= 4 is 11.6 Å². The smallest absolute Gasteiger partial charge is 0.265 e. The number of benzene rings is 2. The zero-order chi connectivity index (χ0) is 15.1. The minimum Gasteiger partial charge on any atom is -0.481 e. The molecular formula is C17H19NO3. The summed E-state index contributed by atoms with van der Waals surface area (Å²) in [5.41, 5.74) is 1.63. The highest BCUT2D eigenvalue weighted by Crippen LogP contribution is 2.20. The topological polar surface area (TPSA) is 58.6 Å². The average molecular weight is 285 g/mol. The SMILES string of the molecule is CC(Oc1ccccc1CCO)C(=O)Nc1ccccc1. The monoisotopic (exact) mass is 285 g/mol. The van der Waals surface area contributed by atoms with Crippen molar-refractivity contribution in [3.05, 3.63) is 60.2 Å². The number of ether oxygens (including phenoxy) is 1. The van der Waals surface area contributed by atoms with Crippen LogP contribution in [0.25, 0.3) is 0 Å². The number of amides is 1. The molecule has 0 aliphatic heterocycles. The molecule has 0 heterocycles. The first-order valence-corrected chi connectivity index (χ1v) is 6.92. The van der Waals surface area contributed by atoms with Gasteiger partial charge in [-0.05, 0) is 37.1 Å². The Labute approximate surface area is 124 Å². The molecule has 1 amide bonds. The Morgan fingerprint density at radius 1 is 1.14 bits per heavy atom. The maximum Gasteiger partial charge on any atom is 0.265 e. The third-order valence-electron chi connectivity index (χ3n) is 3.07. The first kappa shape index (κ1) is 15.1. The van der Waals surface area contributed by atoms with Gasteiger partial charge < -0.3 is 15.2 Å². The molecule has 2 aromatic carbocycles. The number of carbonyl (C=O) groups excluding carboxylic acids is 1. The van der Waals surface area contributed by atoms with Gasteiger partial charge in [0.05, 0.1) is 0 Å². The fourth-order valence-corrected chi connectivity index (χ4v) is 1.96. The van der Waals surface area contributed by atoms with Gasteiger partial charge in [-0.2, -0.15) is 0 Å². The van der Waals surface area contributed by atoms with Crippen LogP contribution < -0.4 is 10.1 Å². The molecule has 0 aliphatic carbocycles. The zero-order valence-electron chi connectivity index (χ0n) is 12.0. The van der Waals surface area contributed by atoms with Gasteiger partial charge >= 0.3 is 0 Å². The van der Waals surface area contributed by atoms with E-state index in [1.807, 2.05) is 48.5 Å². The predicted molar refractivity (Wildman–Crippen MR) is 82.4 cm³/mol. The van der Waals surface area contributed by atoms with E-state index in [-0.39, 0.29) is 12.5 Å². The molecule has 2 aromatic rings. The molecule has 0 bridgehead atoms. The van der Waals surface area contributed by atoms with Crippen molar-refractivity contribution < 1.29 is 14.6 Å². The van der Waals surface area contributed by atoms with E-state index in [0.29, 0.717) is 12.2 Å². The number of rotatable bonds is 6. The molecule has 0 saturated carbocycles. The number of para-hydroxylation sites is 2. The molecule has 0 saturated heterocycles. The first-order chi connectivity index (χ1) is 10.2.